The smallest absolute Gasteiger partial charge is 0.320 e. The Bertz CT molecular complexity index is 2620. The summed E-state index contributed by atoms with van der Waals surface area (Å²) in [6, 6.07) is 7.60. The summed E-state index contributed by atoms with van der Waals surface area (Å²) >= 11 is 1.44. The van der Waals surface area contributed by atoms with Gasteiger partial charge in [0.05, 0.1) is 52.8 Å². The number of ether oxygens (including phenoxy) is 2. The number of urea groups is 1. The van der Waals surface area contributed by atoms with Crippen LogP contribution in [0.3, 0.4) is 0 Å². The van der Waals surface area contributed by atoms with Crippen molar-refractivity contribution in [3.63, 3.8) is 0 Å². The molecule has 8 atom stereocenters. The van der Waals surface area contributed by atoms with Crippen LogP contribution in [-0.2, 0) is 48.0 Å². The zero-order valence-corrected chi connectivity index (χ0v) is 42.7. The number of cyclic esters (lactones) is 1. The highest BCUT2D eigenvalue weighted by atomic mass is 32.1. The molecule has 0 spiro atoms. The Morgan fingerprint density at radius 2 is 1.90 bits per heavy atom. The second-order valence-corrected chi connectivity index (χ2v) is 21.4. The number of hydrogen-bond acceptors (Lipinski definition) is 11. The van der Waals surface area contributed by atoms with Gasteiger partial charge in [-0.25, -0.2) is 14.8 Å². The largest absolute Gasteiger partial charge is 0.465 e. The predicted molar refractivity (Wildman–Crippen MR) is 266 cm³/mol. The summed E-state index contributed by atoms with van der Waals surface area (Å²) in [5, 5.41) is 10.5. The minimum absolute atomic E-state index is 0.117. The fourth-order valence-electron chi connectivity index (χ4n) is 10.9. The molecule has 6 bridgehead atoms. The Morgan fingerprint density at radius 1 is 1.13 bits per heavy atom. The monoisotopic (exact) mass is 964 g/mol. The van der Waals surface area contributed by atoms with E-state index in [2.05, 4.69) is 61.5 Å². The molecule has 3 aromatic heterocycles. The second kappa shape index (κ2) is 20.0. The molecule has 1 N–H and O–H groups in total. The maximum Gasteiger partial charge on any atom is 0.320 e. The molecule has 4 aromatic rings. The molecule has 5 amide bonds. The number of fused-ring (bicyclic) bond motifs is 4. The van der Waals surface area contributed by atoms with Gasteiger partial charge >= 0.3 is 12.0 Å². The number of likely N-dealkylation sites (N-methyl/N-ethyl adjacent to an activating group) is 2. The number of methoxy groups -OCH3 is 1. The van der Waals surface area contributed by atoms with Crippen LogP contribution in [0.1, 0.15) is 90.1 Å². The molecule has 3 unspecified atom stereocenters. The number of carbonyl (C=O) groups excluding carboxylic acids is 5. The van der Waals surface area contributed by atoms with Crippen molar-refractivity contribution >= 4 is 52.0 Å². The van der Waals surface area contributed by atoms with E-state index in [1.165, 1.54) is 22.3 Å². The third-order valence-electron chi connectivity index (χ3n) is 14.7. The average molecular weight is 964 g/mol. The van der Waals surface area contributed by atoms with Gasteiger partial charge in [-0.1, -0.05) is 40.3 Å². The van der Waals surface area contributed by atoms with E-state index in [0.29, 0.717) is 56.9 Å². The quantitative estimate of drug-likeness (QED) is 0.103. The average Bonchev–Trinajstić information content (AvgIpc) is 3.69. The lowest BCUT2D eigenvalue weighted by atomic mass is 9.84. The summed E-state index contributed by atoms with van der Waals surface area (Å²) in [4.78, 5) is 85.2. The Balaban J connectivity index is 1.16. The van der Waals surface area contributed by atoms with E-state index >= 15 is 0 Å². The highest BCUT2D eigenvalue weighted by molar-refractivity contribution is 7.10. The van der Waals surface area contributed by atoms with E-state index in [1.807, 2.05) is 44.2 Å². The van der Waals surface area contributed by atoms with Crippen molar-refractivity contribution < 1.29 is 33.4 Å². The second-order valence-electron chi connectivity index (χ2n) is 20.5. The number of likely N-dealkylation sites (tertiary alicyclic amines) is 1. The van der Waals surface area contributed by atoms with E-state index in [1.54, 1.807) is 42.2 Å². The van der Waals surface area contributed by atoms with Gasteiger partial charge < -0.3 is 34.1 Å². The number of nitrogens with zero attached hydrogens (tertiary/aromatic N) is 8. The summed E-state index contributed by atoms with van der Waals surface area (Å²) in [5.74, 6) is -1.97. The molecule has 0 radical (unpaired) electrons. The molecule has 0 saturated carbocycles. The first kappa shape index (κ1) is 49.8. The summed E-state index contributed by atoms with van der Waals surface area (Å²) in [7, 11) is 5.02. The molecule has 3 saturated heterocycles. The molecular weight excluding hydrogens is 895 g/mol. The summed E-state index contributed by atoms with van der Waals surface area (Å²) in [6.07, 6.45) is 5.25. The van der Waals surface area contributed by atoms with E-state index < -0.39 is 29.3 Å². The van der Waals surface area contributed by atoms with Gasteiger partial charge in [0, 0.05) is 98.9 Å². The van der Waals surface area contributed by atoms with Gasteiger partial charge in [-0.15, -0.1) is 11.3 Å². The highest BCUT2D eigenvalue weighted by Crippen LogP contribution is 2.43. The van der Waals surface area contributed by atoms with Crippen molar-refractivity contribution in [2.45, 2.75) is 123 Å². The zero-order valence-electron chi connectivity index (χ0n) is 41.9. The third-order valence-corrected chi connectivity index (χ3v) is 15.6. The number of esters is 1. The van der Waals surface area contributed by atoms with E-state index in [0.717, 1.165) is 44.7 Å². The van der Waals surface area contributed by atoms with Gasteiger partial charge in [0.15, 0.2) is 0 Å². The number of rotatable bonds is 10. The number of carbonyl (C=O) groups is 5. The summed E-state index contributed by atoms with van der Waals surface area (Å²) < 4.78 is 14.4. The Kier molecular flexibility index (Phi) is 14.4. The van der Waals surface area contributed by atoms with E-state index in [4.69, 9.17) is 19.4 Å². The van der Waals surface area contributed by atoms with E-state index in [9.17, 15) is 24.0 Å². The highest BCUT2D eigenvalue weighted by Gasteiger charge is 2.52. The number of benzene rings is 1. The van der Waals surface area contributed by atoms with Crippen molar-refractivity contribution in [2.75, 3.05) is 47.4 Å². The Hall–Kier alpha value is -5.65. The molecule has 4 aliphatic rings. The number of hydrazine groups is 1. The maximum absolute atomic E-state index is 15.0. The fourth-order valence-corrected chi connectivity index (χ4v) is 11.7. The molecule has 4 aliphatic heterocycles. The van der Waals surface area contributed by atoms with Gasteiger partial charge in [0.2, 0.25) is 11.8 Å². The molecule has 7 heterocycles. The Labute approximate surface area is 410 Å². The molecule has 0 aliphatic carbocycles. The van der Waals surface area contributed by atoms with Crippen LogP contribution < -0.4 is 5.32 Å². The number of nitrogens with one attached hydrogen (secondary N) is 1. The van der Waals surface area contributed by atoms with Crippen molar-refractivity contribution in [3.8, 4) is 22.5 Å². The predicted octanol–water partition coefficient (Wildman–Crippen LogP) is 6.73. The maximum atomic E-state index is 15.0. The van der Waals surface area contributed by atoms with Gasteiger partial charge in [0.25, 0.3) is 5.91 Å². The zero-order chi connectivity index (χ0) is 49.6. The SMILES string of the molecule is C=CC(=O)N(C)C1C[C@H](C)N(C(=O)N(C)[C@H](C(=O)N[C@H]2Cc3nc(cs3)-c3ccc4c(c3)c(c(-c3cccnc3[C@H](C)OC)n4CC)CC(C)(C)COC(=O)[C@@H]3CCCN(C2=O)N2CC32)C(C)C)C1. The van der Waals surface area contributed by atoms with Gasteiger partial charge in [0.1, 0.15) is 12.1 Å². The van der Waals surface area contributed by atoms with Crippen LogP contribution in [-0.4, -0.2) is 147 Å². The van der Waals surface area contributed by atoms with Crippen LogP contribution in [0.5, 0.6) is 0 Å². The lowest BCUT2D eigenvalue weighted by molar-refractivity contribution is -0.153. The fraction of sp³-hybridized carbons (Fsp3) is 0.558. The lowest BCUT2D eigenvalue weighted by Gasteiger charge is -2.36. The van der Waals surface area contributed by atoms with Crippen LogP contribution in [0.2, 0.25) is 0 Å². The standard InChI is InChI=1S/C52H69N9O7S/c1-12-44(62)56(9)34-22-31(5)59(26-34)51(66)57(10)46(30(3)4)48(63)55-39-24-43-54-40(28-69-43)33-18-19-41-37(23-33)38(47(58(41)13-2)36-16-14-20-53-45(36)32(6)67-11)25-52(7,8)29-68-50(65)35-17-15-21-60(49(39)64)61-27-42(35)61/h12,14,16,18-20,23,28,30-32,34-35,39,42,46H,1,13,15,17,21-22,24-27,29H2,2-11H3,(H,55,63)/t31-,32-,34?,35+,39-,42?,46-,61?/m0/s1. The van der Waals surface area contributed by atoms with Crippen molar-refractivity contribution in [2.24, 2.45) is 17.3 Å². The molecular formula is C52H69N9O7S. The van der Waals surface area contributed by atoms with Crippen LogP contribution >= 0.6 is 11.3 Å². The van der Waals surface area contributed by atoms with Crippen LogP contribution in [0.25, 0.3) is 33.4 Å². The number of thiazole rings is 1. The van der Waals surface area contributed by atoms with Gasteiger partial charge in [-0.05, 0) is 88.3 Å². The van der Waals surface area contributed by atoms with Crippen LogP contribution in [0.4, 0.5) is 4.79 Å². The van der Waals surface area contributed by atoms with Gasteiger partial charge in [-0.3, -0.25) is 29.2 Å². The number of aryl methyl sites for hydroxylation is 1. The van der Waals surface area contributed by atoms with Crippen LogP contribution in [0, 0.1) is 17.3 Å². The first-order chi connectivity index (χ1) is 32.9. The minimum Gasteiger partial charge on any atom is -0.465 e. The molecule has 3 fully saturated rings. The number of aromatic nitrogens is 3. The number of pyridine rings is 1. The van der Waals surface area contributed by atoms with Crippen LogP contribution in [0.15, 0.2) is 54.6 Å². The summed E-state index contributed by atoms with van der Waals surface area (Å²) in [5.41, 5.74) is 6.23. The normalized spacial score (nSPS) is 24.4. The molecule has 17 heteroatoms. The lowest BCUT2D eigenvalue weighted by Crippen LogP contribution is -2.59. The molecule has 370 valence electrons. The topological polar surface area (TPSA) is 163 Å². The first-order valence-corrected chi connectivity index (χ1v) is 25.3. The number of amides is 5. The molecule has 8 rings (SSSR count). The molecule has 1 aromatic carbocycles. The van der Waals surface area contributed by atoms with Crippen molar-refractivity contribution in [3.05, 3.63) is 70.8 Å². The third kappa shape index (κ3) is 9.78. The summed E-state index contributed by atoms with van der Waals surface area (Å²) in [6.45, 7) is 19.8. The number of hydrogen-bond donors (Lipinski definition) is 1. The first-order valence-electron chi connectivity index (χ1n) is 24.4. The van der Waals surface area contributed by atoms with Gasteiger partial charge in [-0.2, -0.15) is 0 Å². The Morgan fingerprint density at radius 3 is 2.61 bits per heavy atom. The molecule has 16 nitrogen and oxygen atoms in total. The van der Waals surface area contributed by atoms with Crippen molar-refractivity contribution in [1.82, 2.24) is 44.6 Å². The minimum atomic E-state index is -1.03. The van der Waals surface area contributed by atoms with E-state index in [-0.39, 0.29) is 67.0 Å². The van der Waals surface area contributed by atoms with Crippen molar-refractivity contribution in [1.29, 1.82) is 0 Å². The molecule has 69 heavy (non-hydrogen) atoms.